The molecule has 0 radical (unpaired) electrons. The van der Waals surface area contributed by atoms with E-state index < -0.39 is 5.60 Å². The van der Waals surface area contributed by atoms with Crippen LogP contribution in [0.25, 0.3) is 0 Å². The molecule has 6 heteroatoms. The highest BCUT2D eigenvalue weighted by molar-refractivity contribution is 9.10. The van der Waals surface area contributed by atoms with Gasteiger partial charge in [-0.3, -0.25) is 0 Å². The fraction of sp³-hybridized carbons (Fsp3) is 0.647. The lowest BCUT2D eigenvalue weighted by atomic mass is 10.1. The molecule has 0 aliphatic rings. The quantitative estimate of drug-likeness (QED) is 0.691. The SMILES string of the molecule is CCN(CCC(C)COc1ccc(Br)cn1)C(=O)OC(C)(C)C. The van der Waals surface area contributed by atoms with E-state index in [0.29, 0.717) is 31.5 Å². The van der Waals surface area contributed by atoms with Gasteiger partial charge in [-0.05, 0) is 62.0 Å². The maximum absolute atomic E-state index is 12.1. The van der Waals surface area contributed by atoms with E-state index in [1.54, 1.807) is 11.1 Å². The summed E-state index contributed by atoms with van der Waals surface area (Å²) in [6.07, 6.45) is 2.30. The number of ether oxygens (including phenoxy) is 2. The number of carbonyl (C=O) groups is 1. The first-order valence-corrected chi connectivity index (χ1v) is 8.73. The van der Waals surface area contributed by atoms with Gasteiger partial charge in [0.15, 0.2) is 0 Å². The highest BCUT2D eigenvalue weighted by Crippen LogP contribution is 2.15. The van der Waals surface area contributed by atoms with Crippen LogP contribution in [0.4, 0.5) is 4.79 Å². The summed E-state index contributed by atoms with van der Waals surface area (Å²) < 4.78 is 12.0. The van der Waals surface area contributed by atoms with E-state index in [0.717, 1.165) is 10.9 Å². The van der Waals surface area contributed by atoms with Crippen molar-refractivity contribution < 1.29 is 14.3 Å². The normalized spacial score (nSPS) is 12.6. The molecule has 5 nitrogen and oxygen atoms in total. The van der Waals surface area contributed by atoms with Crippen LogP contribution >= 0.6 is 15.9 Å². The number of hydrogen-bond donors (Lipinski definition) is 0. The van der Waals surface area contributed by atoms with Crippen LogP contribution < -0.4 is 4.74 Å². The average molecular weight is 387 g/mol. The molecule has 0 saturated heterocycles. The van der Waals surface area contributed by atoms with Crippen molar-refractivity contribution in [3.8, 4) is 5.88 Å². The predicted molar refractivity (Wildman–Crippen MR) is 94.7 cm³/mol. The van der Waals surface area contributed by atoms with E-state index >= 15 is 0 Å². The third-order valence-corrected chi connectivity index (χ3v) is 3.61. The summed E-state index contributed by atoms with van der Waals surface area (Å²) in [5, 5.41) is 0. The molecule has 0 saturated carbocycles. The van der Waals surface area contributed by atoms with Crippen molar-refractivity contribution in [2.24, 2.45) is 5.92 Å². The second-order valence-electron chi connectivity index (χ2n) is 6.58. The highest BCUT2D eigenvalue weighted by Gasteiger charge is 2.21. The van der Waals surface area contributed by atoms with Crippen molar-refractivity contribution >= 4 is 22.0 Å². The van der Waals surface area contributed by atoms with Gasteiger partial charge in [-0.2, -0.15) is 0 Å². The van der Waals surface area contributed by atoms with E-state index in [1.807, 2.05) is 39.8 Å². The second-order valence-corrected chi connectivity index (χ2v) is 7.50. The lowest BCUT2D eigenvalue weighted by Gasteiger charge is -2.27. The molecule has 0 fully saturated rings. The molecule has 23 heavy (non-hydrogen) atoms. The molecule has 0 N–H and O–H groups in total. The summed E-state index contributed by atoms with van der Waals surface area (Å²) in [6, 6.07) is 3.73. The number of nitrogens with zero attached hydrogens (tertiary/aromatic N) is 2. The largest absolute Gasteiger partial charge is 0.477 e. The van der Waals surface area contributed by atoms with Crippen LogP contribution in [-0.4, -0.2) is 41.3 Å². The molecule has 0 aromatic carbocycles. The van der Waals surface area contributed by atoms with Gasteiger partial charge < -0.3 is 14.4 Å². The summed E-state index contributed by atoms with van der Waals surface area (Å²) >= 11 is 3.34. The summed E-state index contributed by atoms with van der Waals surface area (Å²) in [7, 11) is 0. The fourth-order valence-electron chi connectivity index (χ4n) is 1.84. The molecule has 1 aromatic heterocycles. The van der Waals surface area contributed by atoms with Crippen molar-refractivity contribution in [2.75, 3.05) is 19.7 Å². The van der Waals surface area contributed by atoms with Gasteiger partial charge in [-0.25, -0.2) is 9.78 Å². The smallest absolute Gasteiger partial charge is 0.410 e. The van der Waals surface area contributed by atoms with Gasteiger partial charge in [-0.15, -0.1) is 0 Å². The molecule has 1 heterocycles. The molecule has 1 atom stereocenters. The van der Waals surface area contributed by atoms with E-state index in [9.17, 15) is 4.79 Å². The monoisotopic (exact) mass is 386 g/mol. The minimum Gasteiger partial charge on any atom is -0.477 e. The molecule has 1 amide bonds. The molecule has 130 valence electrons. The zero-order valence-electron chi connectivity index (χ0n) is 14.6. The van der Waals surface area contributed by atoms with Gasteiger partial charge in [0.05, 0.1) is 6.61 Å². The lowest BCUT2D eigenvalue weighted by Crippen LogP contribution is -2.38. The number of rotatable bonds is 7. The second kappa shape index (κ2) is 9.11. The Labute approximate surface area is 147 Å². The Balaban J connectivity index is 2.36. The first kappa shape index (κ1) is 19.7. The predicted octanol–water partition coefficient (Wildman–Crippen LogP) is 4.51. The van der Waals surface area contributed by atoms with Crippen molar-refractivity contribution in [3.63, 3.8) is 0 Å². The minimum atomic E-state index is -0.466. The Hall–Kier alpha value is -1.30. The highest BCUT2D eigenvalue weighted by atomic mass is 79.9. The average Bonchev–Trinajstić information content (AvgIpc) is 2.45. The van der Waals surface area contributed by atoms with Crippen LogP contribution in [0.3, 0.4) is 0 Å². The Morgan fingerprint density at radius 2 is 2.09 bits per heavy atom. The zero-order chi connectivity index (χ0) is 17.5. The third kappa shape index (κ3) is 8.21. The van der Waals surface area contributed by atoms with E-state index in [4.69, 9.17) is 9.47 Å². The maximum atomic E-state index is 12.1. The molecule has 0 aliphatic heterocycles. The first-order valence-electron chi connectivity index (χ1n) is 7.93. The first-order chi connectivity index (χ1) is 10.7. The number of aromatic nitrogens is 1. The van der Waals surface area contributed by atoms with Crippen molar-refractivity contribution in [2.45, 2.75) is 46.6 Å². The lowest BCUT2D eigenvalue weighted by molar-refractivity contribution is 0.0248. The molecule has 0 bridgehead atoms. The van der Waals surface area contributed by atoms with E-state index in [2.05, 4.69) is 27.8 Å². The number of pyridine rings is 1. The molecule has 0 aliphatic carbocycles. The summed E-state index contributed by atoms with van der Waals surface area (Å²) in [6.45, 7) is 11.5. The van der Waals surface area contributed by atoms with Gasteiger partial charge in [0.2, 0.25) is 5.88 Å². The van der Waals surface area contributed by atoms with Crippen LogP contribution in [-0.2, 0) is 4.74 Å². The fourth-order valence-corrected chi connectivity index (χ4v) is 2.07. The topological polar surface area (TPSA) is 51.7 Å². The Kier molecular flexibility index (Phi) is 7.82. The van der Waals surface area contributed by atoms with Crippen LogP contribution in [0, 0.1) is 5.92 Å². The summed E-state index contributed by atoms with van der Waals surface area (Å²) in [4.78, 5) is 18.0. The van der Waals surface area contributed by atoms with Crippen LogP contribution in [0.1, 0.15) is 41.0 Å². The van der Waals surface area contributed by atoms with Crippen LogP contribution in [0.2, 0.25) is 0 Å². The van der Waals surface area contributed by atoms with Gasteiger partial charge in [-0.1, -0.05) is 6.92 Å². The van der Waals surface area contributed by atoms with Gasteiger partial charge in [0, 0.05) is 29.8 Å². The number of amides is 1. The van der Waals surface area contributed by atoms with E-state index in [-0.39, 0.29) is 6.09 Å². The number of carbonyl (C=O) groups excluding carboxylic acids is 1. The minimum absolute atomic E-state index is 0.261. The third-order valence-electron chi connectivity index (χ3n) is 3.14. The summed E-state index contributed by atoms with van der Waals surface area (Å²) in [5.41, 5.74) is -0.466. The number of hydrogen-bond acceptors (Lipinski definition) is 4. The van der Waals surface area contributed by atoms with Gasteiger partial charge in [0.25, 0.3) is 0 Å². The van der Waals surface area contributed by atoms with Crippen molar-refractivity contribution in [3.05, 3.63) is 22.8 Å². The van der Waals surface area contributed by atoms with Crippen LogP contribution in [0.15, 0.2) is 22.8 Å². The van der Waals surface area contributed by atoms with Gasteiger partial charge in [0.1, 0.15) is 5.60 Å². The molecule has 0 spiro atoms. The van der Waals surface area contributed by atoms with Gasteiger partial charge >= 0.3 is 6.09 Å². The molecule has 1 unspecified atom stereocenters. The Morgan fingerprint density at radius 3 is 2.61 bits per heavy atom. The molecule has 1 rings (SSSR count). The molecular weight excluding hydrogens is 360 g/mol. The number of halogens is 1. The summed E-state index contributed by atoms with van der Waals surface area (Å²) in [5.74, 6) is 0.927. The standard InChI is InChI=1S/C17H27BrN2O3/c1-6-20(16(21)23-17(3,4)5)10-9-13(2)12-22-15-8-7-14(18)11-19-15/h7-8,11,13H,6,9-10,12H2,1-5H3. The van der Waals surface area contributed by atoms with Crippen molar-refractivity contribution in [1.29, 1.82) is 0 Å². The molecular formula is C17H27BrN2O3. The zero-order valence-corrected chi connectivity index (χ0v) is 16.2. The maximum Gasteiger partial charge on any atom is 0.410 e. The molecule has 1 aromatic rings. The Morgan fingerprint density at radius 1 is 1.39 bits per heavy atom. The van der Waals surface area contributed by atoms with E-state index in [1.165, 1.54) is 0 Å². The van der Waals surface area contributed by atoms with Crippen molar-refractivity contribution in [1.82, 2.24) is 9.88 Å². The van der Waals surface area contributed by atoms with Crippen LogP contribution in [0.5, 0.6) is 5.88 Å². The Bertz CT molecular complexity index is 486.